The standard InChI is InChI=1S/C38H38F4N2O5/c1-5-6-30(25-7-9-27(10-8-25)36(47)43-18-17-33(45)46)35(26-11-14-29(15-12-26)49-38(40,41)42)37(48)44-32-16-13-28(21-31(32)39)34-23(3)19-22(2)20-24(34)4/h7-16,19-21,30,35H,5-6,17-18H2,1-4H3,(H,43,47)(H,44,48)(H,45,46)/t30-,35-/m0/s1. The second-order valence-electron chi connectivity index (χ2n) is 12.0. The summed E-state index contributed by atoms with van der Waals surface area (Å²) in [5.74, 6) is -4.70. The lowest BCUT2D eigenvalue weighted by molar-refractivity contribution is -0.274. The van der Waals surface area contributed by atoms with Gasteiger partial charge in [-0.15, -0.1) is 13.2 Å². The number of aliphatic carboxylic acids is 1. The molecule has 0 unspecified atom stereocenters. The van der Waals surface area contributed by atoms with Gasteiger partial charge in [-0.3, -0.25) is 14.4 Å². The highest BCUT2D eigenvalue weighted by molar-refractivity contribution is 5.97. The molecule has 49 heavy (non-hydrogen) atoms. The van der Waals surface area contributed by atoms with E-state index in [1.54, 1.807) is 30.3 Å². The van der Waals surface area contributed by atoms with Crippen LogP contribution in [-0.4, -0.2) is 35.8 Å². The fourth-order valence-corrected chi connectivity index (χ4v) is 6.16. The average Bonchev–Trinajstić information content (AvgIpc) is 3.01. The molecule has 0 aliphatic rings. The van der Waals surface area contributed by atoms with Crippen LogP contribution in [0, 0.1) is 26.6 Å². The first-order chi connectivity index (χ1) is 23.2. The van der Waals surface area contributed by atoms with E-state index < -0.39 is 47.5 Å². The van der Waals surface area contributed by atoms with Crippen LogP contribution in [0.2, 0.25) is 0 Å². The van der Waals surface area contributed by atoms with E-state index >= 15 is 4.39 Å². The number of halogens is 4. The molecule has 4 aromatic carbocycles. The highest BCUT2D eigenvalue weighted by Gasteiger charge is 2.33. The third-order valence-electron chi connectivity index (χ3n) is 8.18. The molecule has 0 aliphatic heterocycles. The number of hydrogen-bond donors (Lipinski definition) is 3. The summed E-state index contributed by atoms with van der Waals surface area (Å²) in [4.78, 5) is 37.4. The Labute approximate surface area is 282 Å². The van der Waals surface area contributed by atoms with E-state index in [-0.39, 0.29) is 24.2 Å². The maximum atomic E-state index is 15.6. The lowest BCUT2D eigenvalue weighted by atomic mass is 9.78. The molecule has 2 atom stereocenters. The SMILES string of the molecule is CCC[C@@H](c1ccc(C(=O)NCCC(=O)O)cc1)[C@@H](C(=O)Nc1ccc(-c2c(C)cc(C)cc2C)cc1F)c1ccc(OC(F)(F)F)cc1. The van der Waals surface area contributed by atoms with E-state index in [2.05, 4.69) is 15.4 Å². The minimum atomic E-state index is -4.90. The van der Waals surface area contributed by atoms with E-state index in [4.69, 9.17) is 5.11 Å². The molecule has 0 bridgehead atoms. The lowest BCUT2D eigenvalue weighted by Gasteiger charge is -2.28. The number of rotatable bonds is 13. The molecule has 4 aromatic rings. The van der Waals surface area contributed by atoms with Crippen LogP contribution in [0.3, 0.4) is 0 Å². The number of carbonyl (C=O) groups is 3. The van der Waals surface area contributed by atoms with E-state index in [1.807, 2.05) is 39.8 Å². The zero-order valence-corrected chi connectivity index (χ0v) is 27.6. The molecule has 7 nitrogen and oxygen atoms in total. The van der Waals surface area contributed by atoms with E-state index in [0.29, 0.717) is 29.5 Å². The van der Waals surface area contributed by atoms with Crippen LogP contribution in [0.1, 0.15) is 76.2 Å². The van der Waals surface area contributed by atoms with Crippen LogP contribution in [0.4, 0.5) is 23.2 Å². The molecule has 2 amide bonds. The van der Waals surface area contributed by atoms with Crippen LogP contribution in [-0.2, 0) is 9.59 Å². The number of carbonyl (C=O) groups excluding carboxylic acids is 2. The van der Waals surface area contributed by atoms with E-state index in [9.17, 15) is 27.6 Å². The Kier molecular flexibility index (Phi) is 11.8. The van der Waals surface area contributed by atoms with Gasteiger partial charge in [-0.25, -0.2) is 4.39 Å². The number of carboxylic acids is 1. The van der Waals surface area contributed by atoms with Crippen LogP contribution in [0.5, 0.6) is 5.75 Å². The molecule has 0 spiro atoms. The quantitative estimate of drug-likeness (QED) is 0.123. The summed E-state index contributed by atoms with van der Waals surface area (Å²) in [7, 11) is 0. The summed E-state index contributed by atoms with van der Waals surface area (Å²) in [5, 5.41) is 14.1. The first-order valence-electron chi connectivity index (χ1n) is 15.8. The van der Waals surface area contributed by atoms with Crippen LogP contribution in [0.15, 0.2) is 78.9 Å². The predicted molar refractivity (Wildman–Crippen MR) is 179 cm³/mol. The van der Waals surface area contributed by atoms with Gasteiger partial charge >= 0.3 is 12.3 Å². The molecular weight excluding hydrogens is 640 g/mol. The Balaban J connectivity index is 1.68. The fraction of sp³-hybridized carbons (Fsp3) is 0.289. The van der Waals surface area contributed by atoms with Gasteiger partial charge in [0.05, 0.1) is 18.0 Å². The fourth-order valence-electron chi connectivity index (χ4n) is 6.16. The van der Waals surface area contributed by atoms with Crippen LogP contribution < -0.4 is 15.4 Å². The van der Waals surface area contributed by atoms with Crippen molar-refractivity contribution in [1.82, 2.24) is 5.32 Å². The van der Waals surface area contributed by atoms with Crippen molar-refractivity contribution in [2.24, 2.45) is 0 Å². The number of ether oxygens (including phenoxy) is 1. The molecule has 0 aromatic heterocycles. The Morgan fingerprint density at radius 3 is 2.02 bits per heavy atom. The molecule has 0 radical (unpaired) electrons. The maximum Gasteiger partial charge on any atom is 0.573 e. The molecule has 258 valence electrons. The zero-order valence-electron chi connectivity index (χ0n) is 27.6. The maximum absolute atomic E-state index is 15.6. The first kappa shape index (κ1) is 36.6. The molecule has 11 heteroatoms. The van der Waals surface area contributed by atoms with Gasteiger partial charge in [0.15, 0.2) is 0 Å². The van der Waals surface area contributed by atoms with Gasteiger partial charge < -0.3 is 20.5 Å². The highest BCUT2D eigenvalue weighted by atomic mass is 19.4. The summed E-state index contributed by atoms with van der Waals surface area (Å²) >= 11 is 0. The van der Waals surface area contributed by atoms with Crippen molar-refractivity contribution in [2.75, 3.05) is 11.9 Å². The summed E-state index contributed by atoms with van der Waals surface area (Å²) in [6, 6.07) is 20.1. The second kappa shape index (κ2) is 15.8. The van der Waals surface area contributed by atoms with Gasteiger partial charge in [-0.05, 0) is 103 Å². The highest BCUT2D eigenvalue weighted by Crippen LogP contribution is 2.39. The molecule has 0 heterocycles. The molecule has 3 N–H and O–H groups in total. The minimum absolute atomic E-state index is 0.0492. The van der Waals surface area contributed by atoms with Crippen molar-refractivity contribution in [3.63, 3.8) is 0 Å². The minimum Gasteiger partial charge on any atom is -0.481 e. The lowest BCUT2D eigenvalue weighted by Crippen LogP contribution is -2.28. The zero-order chi connectivity index (χ0) is 35.9. The van der Waals surface area contributed by atoms with Crippen LogP contribution >= 0.6 is 0 Å². The summed E-state index contributed by atoms with van der Waals surface area (Å²) in [5.41, 5.74) is 5.87. The van der Waals surface area contributed by atoms with Crippen molar-refractivity contribution in [3.05, 3.63) is 118 Å². The Bertz CT molecular complexity index is 1780. The summed E-state index contributed by atoms with van der Waals surface area (Å²) < 4.78 is 58.3. The number of nitrogens with one attached hydrogen (secondary N) is 2. The van der Waals surface area contributed by atoms with Gasteiger partial charge in [0, 0.05) is 12.1 Å². The Morgan fingerprint density at radius 1 is 0.857 bits per heavy atom. The largest absolute Gasteiger partial charge is 0.573 e. The molecule has 0 fully saturated rings. The van der Waals surface area contributed by atoms with Crippen molar-refractivity contribution in [3.8, 4) is 16.9 Å². The summed E-state index contributed by atoms with van der Waals surface area (Å²) in [6.45, 7) is 7.75. The monoisotopic (exact) mass is 678 g/mol. The molecule has 0 aliphatic carbocycles. The Morgan fingerprint density at radius 2 is 1.47 bits per heavy atom. The van der Waals surface area contributed by atoms with Crippen molar-refractivity contribution in [1.29, 1.82) is 0 Å². The number of carboxylic acid groups (broad SMARTS) is 1. The van der Waals surface area contributed by atoms with Gasteiger partial charge in [-0.1, -0.05) is 61.4 Å². The molecule has 4 rings (SSSR count). The van der Waals surface area contributed by atoms with Gasteiger partial charge in [-0.2, -0.15) is 0 Å². The number of anilines is 1. The smallest absolute Gasteiger partial charge is 0.481 e. The van der Waals surface area contributed by atoms with E-state index in [0.717, 1.165) is 34.4 Å². The van der Waals surface area contributed by atoms with E-state index in [1.165, 1.54) is 24.3 Å². The van der Waals surface area contributed by atoms with Crippen molar-refractivity contribution >= 4 is 23.5 Å². The molecule has 0 saturated carbocycles. The third-order valence-corrected chi connectivity index (χ3v) is 8.18. The summed E-state index contributed by atoms with van der Waals surface area (Å²) in [6.07, 6.45) is -4.04. The number of aryl methyl sites for hydroxylation is 3. The van der Waals surface area contributed by atoms with Crippen LogP contribution in [0.25, 0.3) is 11.1 Å². The number of hydrogen-bond acceptors (Lipinski definition) is 4. The second-order valence-corrected chi connectivity index (χ2v) is 12.0. The average molecular weight is 679 g/mol. The number of alkyl halides is 3. The number of benzene rings is 4. The number of amides is 2. The van der Waals surface area contributed by atoms with Crippen molar-refractivity contribution in [2.45, 2.75) is 65.2 Å². The van der Waals surface area contributed by atoms with Gasteiger partial charge in [0.2, 0.25) is 5.91 Å². The normalized spacial score (nSPS) is 12.6. The molecular formula is C38H38F4N2O5. The predicted octanol–water partition coefficient (Wildman–Crippen LogP) is 8.83. The van der Waals surface area contributed by atoms with Gasteiger partial charge in [0.25, 0.3) is 5.91 Å². The molecule has 0 saturated heterocycles. The topological polar surface area (TPSA) is 105 Å². The third kappa shape index (κ3) is 9.68. The van der Waals surface area contributed by atoms with Crippen molar-refractivity contribution < 1.29 is 41.8 Å². The first-order valence-corrected chi connectivity index (χ1v) is 15.8. The Hall–Kier alpha value is -5.19. The van der Waals surface area contributed by atoms with Gasteiger partial charge in [0.1, 0.15) is 11.6 Å².